The number of hydrogen-bond donors (Lipinski definition) is 1. The van der Waals surface area contributed by atoms with Crippen molar-refractivity contribution in [2.45, 2.75) is 46.3 Å². The fraction of sp³-hybridized carbons (Fsp3) is 0.600. The number of fused-ring (bicyclic) bond motifs is 1. The third-order valence-corrected chi connectivity index (χ3v) is 4.65. The highest BCUT2D eigenvalue weighted by molar-refractivity contribution is 6.04. The van der Waals surface area contributed by atoms with Gasteiger partial charge in [0.05, 0.1) is 5.69 Å². The number of hydrogen-bond acceptors (Lipinski definition) is 5. The number of aliphatic imine (C=N–C) groups is 1. The molecule has 8 heteroatoms. The molecule has 2 aliphatic heterocycles. The van der Waals surface area contributed by atoms with Gasteiger partial charge in [0.2, 0.25) is 5.96 Å². The second-order valence-electron chi connectivity index (χ2n) is 6.09. The van der Waals surface area contributed by atoms with Crippen LogP contribution < -0.4 is 5.32 Å². The molecule has 1 fully saturated rings. The van der Waals surface area contributed by atoms with Crippen LogP contribution in [0.2, 0.25) is 0 Å². The van der Waals surface area contributed by atoms with Gasteiger partial charge in [-0.05, 0) is 32.8 Å². The molecular formula is C15H22N6O2. The van der Waals surface area contributed by atoms with Gasteiger partial charge in [0.25, 0.3) is 5.91 Å². The average molecular weight is 318 g/mol. The second kappa shape index (κ2) is 5.36. The molecule has 2 atom stereocenters. The Balaban J connectivity index is 2.09. The lowest BCUT2D eigenvalue weighted by atomic mass is 10.1. The smallest absolute Gasteiger partial charge is 0.325 e. The van der Waals surface area contributed by atoms with Crippen LogP contribution in [0.5, 0.6) is 0 Å². The van der Waals surface area contributed by atoms with Crippen molar-refractivity contribution in [2.24, 2.45) is 4.99 Å². The summed E-state index contributed by atoms with van der Waals surface area (Å²) in [5, 5.41) is 6.96. The summed E-state index contributed by atoms with van der Waals surface area (Å²) in [6, 6.07) is -0.917. The average Bonchev–Trinajstić information content (AvgIpc) is 2.99. The molecule has 0 bridgehead atoms. The molecule has 1 aromatic heterocycles. The van der Waals surface area contributed by atoms with Crippen molar-refractivity contribution in [2.75, 3.05) is 13.6 Å². The Morgan fingerprint density at radius 2 is 1.91 bits per heavy atom. The van der Waals surface area contributed by atoms with Gasteiger partial charge in [-0.25, -0.2) is 14.5 Å². The van der Waals surface area contributed by atoms with Crippen LogP contribution in [0.4, 0.5) is 4.79 Å². The number of amides is 3. The van der Waals surface area contributed by atoms with Gasteiger partial charge < -0.3 is 9.80 Å². The molecule has 2 aliphatic rings. The third kappa shape index (κ3) is 2.20. The highest BCUT2D eigenvalue weighted by atomic mass is 16.2. The summed E-state index contributed by atoms with van der Waals surface area (Å²) in [4.78, 5) is 32.3. The van der Waals surface area contributed by atoms with E-state index in [9.17, 15) is 9.59 Å². The number of likely N-dealkylation sites (N-methyl/N-ethyl adjacent to an activating group) is 1. The van der Waals surface area contributed by atoms with Gasteiger partial charge in [-0.1, -0.05) is 6.92 Å². The fourth-order valence-corrected chi connectivity index (χ4v) is 3.08. The number of aromatic nitrogens is 2. The maximum atomic E-state index is 12.3. The number of nitrogens with one attached hydrogen (secondary N) is 1. The van der Waals surface area contributed by atoms with Crippen LogP contribution in [-0.2, 0) is 4.79 Å². The number of aryl methyl sites for hydroxylation is 1. The Kier molecular flexibility index (Phi) is 3.62. The van der Waals surface area contributed by atoms with Crippen molar-refractivity contribution in [1.82, 2.24) is 24.9 Å². The van der Waals surface area contributed by atoms with Gasteiger partial charge in [0, 0.05) is 19.3 Å². The topological polar surface area (TPSA) is 82.8 Å². The Bertz CT molecular complexity index is 707. The van der Waals surface area contributed by atoms with E-state index >= 15 is 0 Å². The number of urea groups is 1. The van der Waals surface area contributed by atoms with E-state index in [-0.39, 0.29) is 5.91 Å². The molecule has 0 aliphatic carbocycles. The summed E-state index contributed by atoms with van der Waals surface area (Å²) in [7, 11) is 1.66. The van der Waals surface area contributed by atoms with Crippen molar-refractivity contribution < 1.29 is 9.59 Å². The third-order valence-electron chi connectivity index (χ3n) is 4.65. The fourth-order valence-electron chi connectivity index (χ4n) is 3.08. The molecule has 3 rings (SSSR count). The van der Waals surface area contributed by atoms with E-state index in [1.165, 1.54) is 4.90 Å². The number of carbonyl (C=O) groups is 2. The first kappa shape index (κ1) is 15.5. The molecular weight excluding hydrogens is 296 g/mol. The van der Waals surface area contributed by atoms with Crippen molar-refractivity contribution in [1.29, 1.82) is 0 Å². The minimum Gasteiger partial charge on any atom is -0.325 e. The van der Waals surface area contributed by atoms with E-state index in [2.05, 4.69) is 15.4 Å². The normalized spacial score (nSPS) is 24.0. The lowest BCUT2D eigenvalue weighted by Crippen LogP contribution is -2.64. The molecule has 1 aromatic rings. The predicted octanol–water partition coefficient (Wildman–Crippen LogP) is 0.614. The Morgan fingerprint density at radius 3 is 2.48 bits per heavy atom. The lowest BCUT2D eigenvalue weighted by Gasteiger charge is -2.36. The largest absolute Gasteiger partial charge is 0.325 e. The van der Waals surface area contributed by atoms with Crippen molar-refractivity contribution in [3.05, 3.63) is 17.0 Å². The van der Waals surface area contributed by atoms with E-state index in [0.717, 1.165) is 23.4 Å². The van der Waals surface area contributed by atoms with Crippen molar-refractivity contribution in [3.63, 3.8) is 0 Å². The van der Waals surface area contributed by atoms with E-state index in [1.807, 2.05) is 32.6 Å². The number of carbonyl (C=O) groups excluding carboxylic acids is 2. The molecule has 0 radical (unpaired) electrons. The number of nitrogens with zero attached hydrogens (tertiary/aromatic N) is 5. The first-order chi connectivity index (χ1) is 10.9. The summed E-state index contributed by atoms with van der Waals surface area (Å²) in [6.45, 7) is 8.68. The van der Waals surface area contributed by atoms with E-state index < -0.39 is 18.2 Å². The molecule has 8 nitrogen and oxygen atoms in total. The van der Waals surface area contributed by atoms with Gasteiger partial charge in [0.15, 0.2) is 12.2 Å². The van der Waals surface area contributed by atoms with Gasteiger partial charge in [-0.3, -0.25) is 10.1 Å². The minimum atomic E-state index is -0.512. The second-order valence-corrected chi connectivity index (χ2v) is 6.09. The standard InChI is InChI=1S/C15H22N6O2/c1-6-7-20-11-12(19(5)15(23)17-13(11)22)16-14(20)21-10(4)8(2)9(3)18-21/h11-12H,6-7H2,1-5H3,(H,17,22,23). The summed E-state index contributed by atoms with van der Waals surface area (Å²) in [5.74, 6) is 0.329. The number of rotatable bonds is 2. The zero-order valence-corrected chi connectivity index (χ0v) is 14.1. The van der Waals surface area contributed by atoms with Gasteiger partial charge >= 0.3 is 6.03 Å². The molecule has 1 saturated heterocycles. The molecule has 1 N–H and O–H groups in total. The first-order valence-corrected chi connectivity index (χ1v) is 7.82. The van der Waals surface area contributed by atoms with E-state index in [1.54, 1.807) is 11.7 Å². The first-order valence-electron chi connectivity index (χ1n) is 7.82. The minimum absolute atomic E-state index is 0.302. The Labute approximate surface area is 135 Å². The maximum Gasteiger partial charge on any atom is 0.325 e. The van der Waals surface area contributed by atoms with Crippen molar-refractivity contribution >= 4 is 17.9 Å². The highest BCUT2D eigenvalue weighted by Gasteiger charge is 2.49. The monoisotopic (exact) mass is 318 g/mol. The summed E-state index contributed by atoms with van der Waals surface area (Å²) >= 11 is 0. The maximum absolute atomic E-state index is 12.3. The summed E-state index contributed by atoms with van der Waals surface area (Å²) < 4.78 is 1.78. The summed E-state index contributed by atoms with van der Waals surface area (Å²) in [6.07, 6.45) is 0.355. The summed E-state index contributed by atoms with van der Waals surface area (Å²) in [5.41, 5.74) is 3.04. The van der Waals surface area contributed by atoms with Crippen molar-refractivity contribution in [3.8, 4) is 0 Å². The zero-order valence-electron chi connectivity index (χ0n) is 14.1. The van der Waals surface area contributed by atoms with Crippen LogP contribution in [-0.4, -0.2) is 63.3 Å². The molecule has 0 saturated carbocycles. The predicted molar refractivity (Wildman–Crippen MR) is 85.1 cm³/mol. The molecule has 2 unspecified atom stereocenters. The Hall–Kier alpha value is -2.38. The molecule has 124 valence electrons. The van der Waals surface area contributed by atoms with Crippen LogP contribution in [0, 0.1) is 20.8 Å². The van der Waals surface area contributed by atoms with Gasteiger partial charge in [-0.15, -0.1) is 0 Å². The molecule has 3 amide bonds. The van der Waals surface area contributed by atoms with E-state index in [4.69, 9.17) is 0 Å². The SMILES string of the molecule is CCCN1C(n2nc(C)c(C)c2C)=NC2C1C(=O)NC(=O)N2C. The van der Waals surface area contributed by atoms with Gasteiger partial charge in [0.1, 0.15) is 0 Å². The number of imide groups is 1. The molecule has 23 heavy (non-hydrogen) atoms. The van der Waals surface area contributed by atoms with E-state index in [0.29, 0.717) is 12.5 Å². The molecule has 0 spiro atoms. The zero-order chi connectivity index (χ0) is 16.9. The van der Waals surface area contributed by atoms with Crippen LogP contribution in [0.1, 0.15) is 30.3 Å². The van der Waals surface area contributed by atoms with Gasteiger partial charge in [-0.2, -0.15) is 5.10 Å². The van der Waals surface area contributed by atoms with Crippen LogP contribution in [0.3, 0.4) is 0 Å². The molecule has 0 aromatic carbocycles. The lowest BCUT2D eigenvalue weighted by molar-refractivity contribution is -0.127. The Morgan fingerprint density at radius 1 is 1.22 bits per heavy atom. The quantitative estimate of drug-likeness (QED) is 0.866. The highest BCUT2D eigenvalue weighted by Crippen LogP contribution is 2.26. The van der Waals surface area contributed by atoms with Crippen LogP contribution in [0.15, 0.2) is 4.99 Å². The van der Waals surface area contributed by atoms with Crippen LogP contribution in [0.25, 0.3) is 0 Å². The molecule has 3 heterocycles. The van der Waals surface area contributed by atoms with Crippen LogP contribution >= 0.6 is 0 Å².